The number of aromatic nitrogens is 2. The highest BCUT2D eigenvalue weighted by Gasteiger charge is 2.03. The van der Waals surface area contributed by atoms with E-state index < -0.39 is 0 Å². The quantitative estimate of drug-likeness (QED) is 0.311. The molecule has 7 heteroatoms. The number of hydrogen-bond donors (Lipinski definition) is 2. The fourth-order valence-electron chi connectivity index (χ4n) is 2.23. The first-order valence-corrected chi connectivity index (χ1v) is 8.18. The van der Waals surface area contributed by atoms with E-state index in [-0.39, 0.29) is 5.97 Å². The van der Waals surface area contributed by atoms with Crippen molar-refractivity contribution >= 4 is 11.9 Å². The third-order valence-corrected chi connectivity index (χ3v) is 3.32. The minimum atomic E-state index is -0.151. The summed E-state index contributed by atoms with van der Waals surface area (Å²) in [6, 6.07) is 2.08. The van der Waals surface area contributed by atoms with Crippen molar-refractivity contribution in [1.82, 2.24) is 20.4 Å². The molecule has 7 nitrogen and oxygen atoms in total. The predicted octanol–water partition coefficient (Wildman–Crippen LogP) is 1.40. The molecule has 0 saturated heterocycles. The van der Waals surface area contributed by atoms with Gasteiger partial charge in [0.2, 0.25) is 0 Å². The topological polar surface area (TPSA) is 80.5 Å². The molecule has 0 amide bonds. The fraction of sp³-hybridized carbons (Fsp3) is 0.688. The monoisotopic (exact) mass is 323 g/mol. The number of nitrogens with zero attached hydrogens (tertiary/aromatic N) is 3. The van der Waals surface area contributed by atoms with Gasteiger partial charge in [-0.15, -0.1) is 0 Å². The lowest BCUT2D eigenvalue weighted by molar-refractivity contribution is -0.143. The summed E-state index contributed by atoms with van der Waals surface area (Å²) in [5.74, 6) is 0.601. The predicted molar refractivity (Wildman–Crippen MR) is 91.5 cm³/mol. The van der Waals surface area contributed by atoms with E-state index in [4.69, 9.17) is 4.74 Å². The number of guanidine groups is 1. The van der Waals surface area contributed by atoms with Gasteiger partial charge in [-0.1, -0.05) is 0 Å². The van der Waals surface area contributed by atoms with Gasteiger partial charge in [0.1, 0.15) is 0 Å². The first-order valence-electron chi connectivity index (χ1n) is 8.18. The maximum atomic E-state index is 11.2. The van der Waals surface area contributed by atoms with E-state index in [0.717, 1.165) is 37.6 Å². The smallest absolute Gasteiger partial charge is 0.305 e. The van der Waals surface area contributed by atoms with Crippen LogP contribution in [0.25, 0.3) is 0 Å². The molecule has 23 heavy (non-hydrogen) atoms. The summed E-state index contributed by atoms with van der Waals surface area (Å²) in [6.45, 7) is 8.71. The molecule has 1 rings (SSSR count). The van der Waals surface area contributed by atoms with Crippen LogP contribution in [0.4, 0.5) is 0 Å². The third kappa shape index (κ3) is 7.67. The van der Waals surface area contributed by atoms with E-state index in [9.17, 15) is 4.79 Å². The van der Waals surface area contributed by atoms with Gasteiger partial charge in [-0.2, -0.15) is 5.10 Å². The summed E-state index contributed by atoms with van der Waals surface area (Å²) >= 11 is 0. The van der Waals surface area contributed by atoms with Crippen molar-refractivity contribution < 1.29 is 9.53 Å². The van der Waals surface area contributed by atoms with Gasteiger partial charge in [-0.05, 0) is 39.7 Å². The molecule has 130 valence electrons. The zero-order valence-corrected chi connectivity index (χ0v) is 14.7. The summed E-state index contributed by atoms with van der Waals surface area (Å²) in [7, 11) is 1.74. The molecular weight excluding hydrogens is 294 g/mol. The second-order valence-electron chi connectivity index (χ2n) is 5.34. The molecule has 0 atom stereocenters. The molecule has 0 saturated carbocycles. The molecule has 0 bridgehead atoms. The number of carbonyl (C=O) groups excluding carboxylic acids is 1. The first kappa shape index (κ1) is 19.0. The van der Waals surface area contributed by atoms with Gasteiger partial charge in [0.15, 0.2) is 5.96 Å². The Morgan fingerprint density at radius 2 is 2.00 bits per heavy atom. The summed E-state index contributed by atoms with van der Waals surface area (Å²) in [5, 5.41) is 10.9. The lowest BCUT2D eigenvalue weighted by atomic mass is 10.3. The van der Waals surface area contributed by atoms with Crippen molar-refractivity contribution in [3.8, 4) is 0 Å². The van der Waals surface area contributed by atoms with E-state index in [1.54, 1.807) is 7.05 Å². The van der Waals surface area contributed by atoms with E-state index in [1.165, 1.54) is 5.69 Å². The molecule has 0 radical (unpaired) electrons. The highest BCUT2D eigenvalue weighted by atomic mass is 16.5. The van der Waals surface area contributed by atoms with E-state index >= 15 is 0 Å². The van der Waals surface area contributed by atoms with Gasteiger partial charge >= 0.3 is 5.97 Å². The highest BCUT2D eigenvalue weighted by Crippen LogP contribution is 2.02. The van der Waals surface area contributed by atoms with Gasteiger partial charge in [-0.25, -0.2) is 0 Å². The molecule has 0 unspecified atom stereocenters. The Morgan fingerprint density at radius 3 is 2.57 bits per heavy atom. The number of aryl methyl sites for hydroxylation is 3. The molecule has 1 aromatic rings. The van der Waals surface area contributed by atoms with Crippen molar-refractivity contribution in [2.45, 2.75) is 46.6 Å². The Hall–Kier alpha value is -2.05. The minimum absolute atomic E-state index is 0.151. The highest BCUT2D eigenvalue weighted by molar-refractivity contribution is 5.79. The van der Waals surface area contributed by atoms with Gasteiger partial charge in [-0.3, -0.25) is 14.5 Å². The average Bonchev–Trinajstić information content (AvgIpc) is 2.83. The molecule has 1 aromatic heterocycles. The number of aliphatic imine (C=N–C) groups is 1. The van der Waals surface area contributed by atoms with Crippen LogP contribution in [0.15, 0.2) is 11.1 Å². The van der Waals surface area contributed by atoms with Crippen molar-refractivity contribution in [2.75, 3.05) is 26.7 Å². The largest absolute Gasteiger partial charge is 0.466 e. The van der Waals surface area contributed by atoms with Crippen LogP contribution in [0, 0.1) is 13.8 Å². The molecule has 0 aliphatic rings. The molecule has 1 heterocycles. The maximum absolute atomic E-state index is 11.2. The number of rotatable bonds is 9. The Labute approximate surface area is 138 Å². The zero-order chi connectivity index (χ0) is 17.1. The second kappa shape index (κ2) is 10.6. The van der Waals surface area contributed by atoms with Crippen LogP contribution in [-0.4, -0.2) is 48.5 Å². The van der Waals surface area contributed by atoms with Crippen molar-refractivity contribution in [3.05, 3.63) is 17.5 Å². The average molecular weight is 323 g/mol. The molecule has 0 aromatic carbocycles. The van der Waals surface area contributed by atoms with Crippen LogP contribution in [0.1, 0.15) is 37.6 Å². The Bertz CT molecular complexity index is 511. The van der Waals surface area contributed by atoms with Crippen LogP contribution in [0.5, 0.6) is 0 Å². The van der Waals surface area contributed by atoms with Crippen LogP contribution < -0.4 is 10.6 Å². The Morgan fingerprint density at radius 1 is 1.30 bits per heavy atom. The summed E-state index contributed by atoms with van der Waals surface area (Å²) in [6.07, 6.45) is 2.12. The van der Waals surface area contributed by atoms with Crippen molar-refractivity contribution in [1.29, 1.82) is 0 Å². The first-order chi connectivity index (χ1) is 11.1. The van der Waals surface area contributed by atoms with Crippen molar-refractivity contribution in [3.63, 3.8) is 0 Å². The van der Waals surface area contributed by atoms with E-state index in [2.05, 4.69) is 33.7 Å². The summed E-state index contributed by atoms with van der Waals surface area (Å²) < 4.78 is 6.91. The molecule has 0 spiro atoms. The second-order valence-corrected chi connectivity index (χ2v) is 5.34. The summed E-state index contributed by atoms with van der Waals surface area (Å²) in [5.41, 5.74) is 2.23. The summed E-state index contributed by atoms with van der Waals surface area (Å²) in [4.78, 5) is 15.4. The van der Waals surface area contributed by atoms with Gasteiger partial charge in [0.25, 0.3) is 0 Å². The van der Waals surface area contributed by atoms with Crippen LogP contribution in [-0.2, 0) is 16.1 Å². The molecule has 2 N–H and O–H groups in total. The number of ether oxygens (including phenoxy) is 1. The number of hydrogen-bond acceptors (Lipinski definition) is 4. The van der Waals surface area contributed by atoms with E-state index in [1.807, 2.05) is 18.5 Å². The lowest BCUT2D eigenvalue weighted by Gasteiger charge is -2.12. The number of carbonyl (C=O) groups is 1. The lowest BCUT2D eigenvalue weighted by Crippen LogP contribution is -2.38. The molecule has 0 aliphatic heterocycles. The Balaban J connectivity index is 2.14. The minimum Gasteiger partial charge on any atom is -0.466 e. The Kier molecular flexibility index (Phi) is 8.79. The standard InChI is InChI=1S/C16H29N5O2/c1-5-23-15(22)8-6-9-18-16(17-4)19-10-7-11-21-14(3)12-13(2)20-21/h12H,5-11H2,1-4H3,(H2,17,18,19). The normalized spacial score (nSPS) is 11.4. The SMILES string of the molecule is CCOC(=O)CCCNC(=NC)NCCCn1nc(C)cc1C. The maximum Gasteiger partial charge on any atom is 0.305 e. The fourth-order valence-corrected chi connectivity index (χ4v) is 2.23. The zero-order valence-electron chi connectivity index (χ0n) is 14.7. The number of esters is 1. The van der Waals surface area contributed by atoms with Gasteiger partial charge < -0.3 is 15.4 Å². The van der Waals surface area contributed by atoms with Crippen LogP contribution in [0.2, 0.25) is 0 Å². The number of nitrogens with one attached hydrogen (secondary N) is 2. The van der Waals surface area contributed by atoms with Crippen LogP contribution >= 0.6 is 0 Å². The van der Waals surface area contributed by atoms with Gasteiger partial charge in [0.05, 0.1) is 12.3 Å². The van der Waals surface area contributed by atoms with E-state index in [0.29, 0.717) is 19.6 Å². The van der Waals surface area contributed by atoms with Gasteiger partial charge in [0, 0.05) is 38.8 Å². The molecule has 0 aliphatic carbocycles. The molecule has 0 fully saturated rings. The van der Waals surface area contributed by atoms with Crippen molar-refractivity contribution in [2.24, 2.45) is 4.99 Å². The van der Waals surface area contributed by atoms with Crippen LogP contribution in [0.3, 0.4) is 0 Å². The molecular formula is C16H29N5O2. The third-order valence-electron chi connectivity index (χ3n) is 3.32.